The molecule has 0 heterocycles. The Hall–Kier alpha value is -0.817. The van der Waals surface area contributed by atoms with Gasteiger partial charge in [-0.3, -0.25) is 0 Å². The van der Waals surface area contributed by atoms with Gasteiger partial charge in [-0.1, -0.05) is 0 Å². The van der Waals surface area contributed by atoms with Gasteiger partial charge in [0.15, 0.2) is 0 Å². The van der Waals surface area contributed by atoms with Crippen LogP contribution in [0.15, 0.2) is 63.0 Å². The molecule has 26 heavy (non-hydrogen) atoms. The van der Waals surface area contributed by atoms with Crippen LogP contribution in [0.1, 0.15) is 37.3 Å². The van der Waals surface area contributed by atoms with E-state index in [0.717, 1.165) is 12.2 Å². The largest absolute Gasteiger partial charge is 1.00 e. The number of fused-ring (bicyclic) bond motifs is 3. The second kappa shape index (κ2) is 8.47. The molecule has 4 heteroatoms. The van der Waals surface area contributed by atoms with Crippen LogP contribution in [0.2, 0.25) is 0 Å². The Morgan fingerprint density at radius 1 is 1.00 bits per heavy atom. The first-order valence-corrected chi connectivity index (χ1v) is 9.77. The van der Waals surface area contributed by atoms with Crippen molar-refractivity contribution >= 4 is 0 Å². The third kappa shape index (κ3) is 3.26. The molecule has 133 valence electrons. The van der Waals surface area contributed by atoms with E-state index in [2.05, 4.69) is 62.4 Å². The molecule has 0 saturated heterocycles. The number of benzene rings is 2. The van der Waals surface area contributed by atoms with E-state index in [1.54, 1.807) is 40.7 Å². The molecule has 0 amide bonds. The van der Waals surface area contributed by atoms with Crippen molar-refractivity contribution in [2.24, 2.45) is 5.92 Å². The van der Waals surface area contributed by atoms with Gasteiger partial charge in [-0.05, 0) is 0 Å². The third-order valence-electron chi connectivity index (χ3n) is 5.20. The minimum atomic E-state index is 0. The van der Waals surface area contributed by atoms with Crippen LogP contribution in [0.5, 0.6) is 5.75 Å². The van der Waals surface area contributed by atoms with E-state index in [1.807, 2.05) is 0 Å². The van der Waals surface area contributed by atoms with Crippen LogP contribution < -0.4 is 29.6 Å². The maximum absolute atomic E-state index is 5.70. The first-order valence-electron chi connectivity index (χ1n) is 8.54. The Morgan fingerprint density at radius 3 is 2.38 bits per heavy atom. The fourth-order valence-corrected chi connectivity index (χ4v) is 5.16. The zero-order valence-electron chi connectivity index (χ0n) is 15.1. The number of rotatable bonds is 3. The second-order valence-electron chi connectivity index (χ2n) is 6.86. The van der Waals surface area contributed by atoms with Crippen molar-refractivity contribution in [3.63, 3.8) is 0 Å². The molecule has 2 aliphatic carbocycles. The average molecular weight is 464 g/mol. The SMILES string of the molecule is COc1cccc2c1-c1ccccc1C2C1=[C]([Zr+2])CC=C1C(C)C.[Cl-].[Cl-]. The summed E-state index contributed by atoms with van der Waals surface area (Å²) in [6.45, 7) is 4.63. The van der Waals surface area contributed by atoms with Gasteiger partial charge in [-0.25, -0.2) is 0 Å². The number of hydrogen-bond acceptors (Lipinski definition) is 1. The average Bonchev–Trinajstić information content (AvgIpc) is 3.12. The predicted octanol–water partition coefficient (Wildman–Crippen LogP) is -0.397. The molecule has 0 fully saturated rings. The van der Waals surface area contributed by atoms with Gasteiger partial charge in [0, 0.05) is 0 Å². The predicted molar refractivity (Wildman–Crippen MR) is 94.8 cm³/mol. The summed E-state index contributed by atoms with van der Waals surface area (Å²) in [6.07, 6.45) is 3.57. The topological polar surface area (TPSA) is 9.23 Å². The zero-order valence-corrected chi connectivity index (χ0v) is 19.1. The molecule has 1 atom stereocenters. The first kappa shape index (κ1) is 21.5. The monoisotopic (exact) mass is 461 g/mol. The van der Waals surface area contributed by atoms with Crippen LogP contribution in [-0.4, -0.2) is 7.11 Å². The van der Waals surface area contributed by atoms with Gasteiger partial charge < -0.3 is 24.8 Å². The van der Waals surface area contributed by atoms with Gasteiger partial charge in [-0.2, -0.15) is 0 Å². The summed E-state index contributed by atoms with van der Waals surface area (Å²) < 4.78 is 7.30. The maximum Gasteiger partial charge on any atom is -1.00 e. The van der Waals surface area contributed by atoms with Crippen LogP contribution in [0.25, 0.3) is 11.1 Å². The molecule has 0 aromatic heterocycles. The molecule has 0 aliphatic heterocycles. The molecule has 1 unspecified atom stereocenters. The van der Waals surface area contributed by atoms with Crippen molar-refractivity contribution in [3.8, 4) is 16.9 Å². The third-order valence-corrected chi connectivity index (χ3v) is 6.37. The molecular formula is C22H21Cl2OZr. The number of hydrogen-bond donors (Lipinski definition) is 0. The summed E-state index contributed by atoms with van der Waals surface area (Å²) in [5.74, 6) is 1.92. The van der Waals surface area contributed by atoms with E-state index in [-0.39, 0.29) is 24.8 Å². The summed E-state index contributed by atoms with van der Waals surface area (Å²) in [6, 6.07) is 15.3. The zero-order chi connectivity index (χ0) is 16.8. The van der Waals surface area contributed by atoms with Gasteiger partial charge in [0.05, 0.1) is 0 Å². The molecule has 0 radical (unpaired) electrons. The van der Waals surface area contributed by atoms with E-state index >= 15 is 0 Å². The summed E-state index contributed by atoms with van der Waals surface area (Å²) >= 11 is 1.54. The van der Waals surface area contributed by atoms with Gasteiger partial charge in [0.25, 0.3) is 0 Å². The second-order valence-corrected chi connectivity index (χ2v) is 8.34. The number of halogens is 2. The Bertz CT molecular complexity index is 883. The summed E-state index contributed by atoms with van der Waals surface area (Å²) in [4.78, 5) is 0. The molecule has 0 N–H and O–H groups in total. The Balaban J connectivity index is 0.00000121. The van der Waals surface area contributed by atoms with E-state index < -0.39 is 0 Å². The summed E-state index contributed by atoms with van der Waals surface area (Å²) in [7, 11) is 1.77. The summed E-state index contributed by atoms with van der Waals surface area (Å²) in [5, 5.41) is 0. The molecule has 1 nitrogen and oxygen atoms in total. The number of methoxy groups -OCH3 is 1. The molecule has 2 aromatic rings. The Morgan fingerprint density at radius 2 is 1.69 bits per heavy atom. The van der Waals surface area contributed by atoms with E-state index in [9.17, 15) is 0 Å². The quantitative estimate of drug-likeness (QED) is 0.602. The molecule has 2 aliphatic rings. The maximum atomic E-state index is 5.70. The van der Waals surface area contributed by atoms with Crippen LogP contribution in [0.4, 0.5) is 0 Å². The smallest absolute Gasteiger partial charge is 1.00 e. The van der Waals surface area contributed by atoms with Gasteiger partial charge in [0.2, 0.25) is 0 Å². The van der Waals surface area contributed by atoms with Crippen molar-refractivity contribution in [2.45, 2.75) is 26.2 Å². The van der Waals surface area contributed by atoms with Crippen molar-refractivity contribution in [2.75, 3.05) is 7.11 Å². The van der Waals surface area contributed by atoms with Crippen LogP contribution in [0.3, 0.4) is 0 Å². The Labute approximate surface area is 183 Å². The molecule has 0 bridgehead atoms. The molecule has 0 saturated carbocycles. The minimum Gasteiger partial charge on any atom is -1.00 e. The van der Waals surface area contributed by atoms with Crippen molar-refractivity contribution in [1.29, 1.82) is 0 Å². The number of ether oxygens (including phenoxy) is 1. The molecule has 2 aromatic carbocycles. The molecular weight excluding hydrogens is 442 g/mol. The number of allylic oxidation sites excluding steroid dienone is 4. The van der Waals surface area contributed by atoms with Gasteiger partial charge in [-0.15, -0.1) is 0 Å². The normalized spacial score (nSPS) is 17.3. The fourth-order valence-electron chi connectivity index (χ4n) is 4.20. The van der Waals surface area contributed by atoms with Crippen LogP contribution in [-0.2, 0) is 24.7 Å². The Kier molecular flexibility index (Phi) is 6.99. The van der Waals surface area contributed by atoms with Crippen molar-refractivity contribution in [3.05, 3.63) is 74.1 Å². The molecule has 0 spiro atoms. The van der Waals surface area contributed by atoms with Gasteiger partial charge in [0.1, 0.15) is 0 Å². The summed E-state index contributed by atoms with van der Waals surface area (Å²) in [5.41, 5.74) is 8.56. The molecule has 4 rings (SSSR count). The van der Waals surface area contributed by atoms with E-state index in [4.69, 9.17) is 4.74 Å². The van der Waals surface area contributed by atoms with Crippen molar-refractivity contribution < 1.29 is 54.3 Å². The van der Waals surface area contributed by atoms with Crippen LogP contribution >= 0.6 is 0 Å². The van der Waals surface area contributed by atoms with E-state index in [0.29, 0.717) is 11.8 Å². The van der Waals surface area contributed by atoms with Crippen molar-refractivity contribution in [1.82, 2.24) is 0 Å². The minimum absolute atomic E-state index is 0. The van der Waals surface area contributed by atoms with Crippen LogP contribution in [0, 0.1) is 5.92 Å². The fraction of sp³-hybridized carbons (Fsp3) is 0.273. The standard InChI is InChI=1S/C22H21O.2ClH.Zr/c1-14(2)15-10-6-11-16(15)21-17-8-4-5-9-18(17)22-19(21)12-7-13-20(22)23-3;;;/h4-5,7-10,12-14,21H,6H2,1-3H3;2*1H;/q;;;+2/p-2. The van der Waals surface area contributed by atoms with E-state index in [1.165, 1.54) is 27.8 Å². The first-order chi connectivity index (χ1) is 11.6. The van der Waals surface area contributed by atoms with Gasteiger partial charge >= 0.3 is 160 Å².